The van der Waals surface area contributed by atoms with Crippen LogP contribution in [0.5, 0.6) is 0 Å². The topological polar surface area (TPSA) is 66.0 Å². The van der Waals surface area contributed by atoms with Crippen LogP contribution in [0.4, 0.5) is 0 Å². The van der Waals surface area contributed by atoms with Gasteiger partial charge < -0.3 is 14.5 Å². The fourth-order valence-electron chi connectivity index (χ4n) is 5.01. The summed E-state index contributed by atoms with van der Waals surface area (Å²) < 4.78 is 5.14. The summed E-state index contributed by atoms with van der Waals surface area (Å²) in [5, 5.41) is 0. The summed E-state index contributed by atoms with van der Waals surface area (Å²) in [6, 6.07) is 4.03. The minimum Gasteiger partial charge on any atom is -0.383 e. The van der Waals surface area contributed by atoms with Gasteiger partial charge in [-0.25, -0.2) is 0 Å². The maximum atomic E-state index is 12.9. The molecular weight excluding hydrogens is 356 g/mol. The Bertz CT molecular complexity index is 705. The molecule has 0 aliphatic carbocycles. The first-order valence-electron chi connectivity index (χ1n) is 10.3. The van der Waals surface area contributed by atoms with Crippen LogP contribution in [0.25, 0.3) is 0 Å². The van der Waals surface area contributed by atoms with Gasteiger partial charge in [-0.05, 0) is 44.4 Å². The van der Waals surface area contributed by atoms with Gasteiger partial charge in [0.25, 0.3) is 5.91 Å². The van der Waals surface area contributed by atoms with E-state index in [4.69, 9.17) is 4.74 Å². The van der Waals surface area contributed by atoms with Crippen LogP contribution in [0.15, 0.2) is 24.5 Å². The lowest BCUT2D eigenvalue weighted by atomic mass is 9.85. The van der Waals surface area contributed by atoms with E-state index in [0.717, 1.165) is 58.4 Å². The molecular formula is C21H30N4O3. The average molecular weight is 386 g/mol. The smallest absolute Gasteiger partial charge is 0.253 e. The fourth-order valence-corrected chi connectivity index (χ4v) is 5.01. The molecule has 7 heteroatoms. The van der Waals surface area contributed by atoms with Crippen molar-refractivity contribution in [3.8, 4) is 0 Å². The number of aromatic nitrogens is 1. The molecule has 0 radical (unpaired) electrons. The summed E-state index contributed by atoms with van der Waals surface area (Å²) in [6.45, 7) is 5.59. The second kappa shape index (κ2) is 8.17. The van der Waals surface area contributed by atoms with Gasteiger partial charge in [-0.3, -0.25) is 19.5 Å². The van der Waals surface area contributed by atoms with E-state index in [1.807, 2.05) is 9.80 Å². The summed E-state index contributed by atoms with van der Waals surface area (Å²) in [4.78, 5) is 36.0. The second-order valence-electron chi connectivity index (χ2n) is 8.30. The van der Waals surface area contributed by atoms with E-state index in [0.29, 0.717) is 30.7 Å². The Balaban J connectivity index is 1.30. The van der Waals surface area contributed by atoms with Gasteiger partial charge >= 0.3 is 0 Å². The van der Waals surface area contributed by atoms with Gasteiger partial charge in [0, 0.05) is 63.8 Å². The van der Waals surface area contributed by atoms with Crippen molar-refractivity contribution in [3.05, 3.63) is 30.1 Å². The van der Waals surface area contributed by atoms with E-state index in [2.05, 4.69) is 9.88 Å². The summed E-state index contributed by atoms with van der Waals surface area (Å²) in [5.74, 6) is 0.413. The van der Waals surface area contributed by atoms with Crippen molar-refractivity contribution in [1.82, 2.24) is 19.7 Å². The number of carbonyl (C=O) groups excluding carboxylic acids is 2. The lowest BCUT2D eigenvalue weighted by Crippen LogP contribution is -2.47. The first-order valence-corrected chi connectivity index (χ1v) is 10.3. The minimum atomic E-state index is -0.183. The van der Waals surface area contributed by atoms with Gasteiger partial charge in [0.2, 0.25) is 5.91 Å². The standard InChI is InChI=1S/C21H30N4O3/c1-28-15-14-24-12-6-21(20(24)27)7-13-25(16-21)18-4-10-23(11-5-18)19(26)17-2-8-22-9-3-17/h2-3,8-9,18H,4-7,10-16H2,1H3. The highest BCUT2D eigenvalue weighted by atomic mass is 16.5. The lowest BCUT2D eigenvalue weighted by molar-refractivity contribution is -0.136. The van der Waals surface area contributed by atoms with Crippen LogP contribution in [0.3, 0.4) is 0 Å². The number of rotatable bonds is 5. The molecule has 28 heavy (non-hydrogen) atoms. The predicted molar refractivity (Wildman–Crippen MR) is 105 cm³/mol. The third-order valence-corrected chi connectivity index (χ3v) is 6.75. The number of hydrogen-bond donors (Lipinski definition) is 0. The van der Waals surface area contributed by atoms with Crippen LogP contribution in [-0.4, -0.2) is 90.5 Å². The summed E-state index contributed by atoms with van der Waals surface area (Å²) >= 11 is 0. The Morgan fingerprint density at radius 1 is 1.18 bits per heavy atom. The molecule has 3 aliphatic heterocycles. The highest BCUT2D eigenvalue weighted by molar-refractivity contribution is 5.94. The summed E-state index contributed by atoms with van der Waals surface area (Å²) in [7, 11) is 1.68. The largest absolute Gasteiger partial charge is 0.383 e. The third kappa shape index (κ3) is 3.65. The molecule has 3 fully saturated rings. The molecule has 3 aliphatic rings. The van der Waals surface area contributed by atoms with Gasteiger partial charge in [0.05, 0.1) is 12.0 Å². The summed E-state index contributed by atoms with van der Waals surface area (Å²) in [5.41, 5.74) is 0.527. The highest BCUT2D eigenvalue weighted by Crippen LogP contribution is 2.42. The zero-order valence-corrected chi connectivity index (χ0v) is 16.7. The van der Waals surface area contributed by atoms with Crippen molar-refractivity contribution in [2.75, 3.05) is 53.0 Å². The van der Waals surface area contributed by atoms with Crippen molar-refractivity contribution >= 4 is 11.8 Å². The molecule has 152 valence electrons. The Labute approximate surface area is 166 Å². The van der Waals surface area contributed by atoms with Gasteiger partial charge in [-0.2, -0.15) is 0 Å². The quantitative estimate of drug-likeness (QED) is 0.762. The number of carbonyl (C=O) groups is 2. The molecule has 1 aromatic rings. The van der Waals surface area contributed by atoms with E-state index in [9.17, 15) is 9.59 Å². The van der Waals surface area contributed by atoms with Gasteiger partial charge in [0.15, 0.2) is 0 Å². The number of ether oxygens (including phenoxy) is 1. The van der Waals surface area contributed by atoms with Gasteiger partial charge in [-0.15, -0.1) is 0 Å². The fraction of sp³-hybridized carbons (Fsp3) is 0.667. The average Bonchev–Trinajstić information content (AvgIpc) is 3.32. The monoisotopic (exact) mass is 386 g/mol. The molecule has 4 heterocycles. The first-order chi connectivity index (χ1) is 13.6. The van der Waals surface area contributed by atoms with Crippen LogP contribution in [0.1, 0.15) is 36.0 Å². The molecule has 2 amide bonds. The Morgan fingerprint density at radius 3 is 2.61 bits per heavy atom. The van der Waals surface area contributed by atoms with Crippen molar-refractivity contribution in [2.45, 2.75) is 31.7 Å². The van der Waals surface area contributed by atoms with E-state index in [1.165, 1.54) is 0 Å². The Hall–Kier alpha value is -1.99. The zero-order valence-electron chi connectivity index (χ0n) is 16.7. The van der Waals surface area contributed by atoms with Crippen molar-refractivity contribution in [2.24, 2.45) is 5.41 Å². The van der Waals surface area contributed by atoms with E-state index in [-0.39, 0.29) is 11.3 Å². The number of likely N-dealkylation sites (tertiary alicyclic amines) is 3. The molecule has 1 atom stereocenters. The second-order valence-corrected chi connectivity index (χ2v) is 8.30. The number of amides is 2. The zero-order chi connectivity index (χ0) is 19.6. The molecule has 0 bridgehead atoms. The van der Waals surface area contributed by atoms with Crippen molar-refractivity contribution in [3.63, 3.8) is 0 Å². The van der Waals surface area contributed by atoms with Gasteiger partial charge in [-0.1, -0.05) is 0 Å². The molecule has 0 aromatic carbocycles. The normalized spacial score (nSPS) is 26.5. The van der Waals surface area contributed by atoms with Crippen LogP contribution in [-0.2, 0) is 9.53 Å². The number of pyridine rings is 1. The molecule has 7 nitrogen and oxygen atoms in total. The van der Waals surface area contributed by atoms with Gasteiger partial charge in [0.1, 0.15) is 0 Å². The molecule has 0 saturated carbocycles. The molecule has 4 rings (SSSR count). The number of hydrogen-bond acceptors (Lipinski definition) is 5. The molecule has 1 unspecified atom stereocenters. The predicted octanol–water partition coefficient (Wildman–Crippen LogP) is 1.26. The maximum absolute atomic E-state index is 12.9. The Morgan fingerprint density at radius 2 is 1.89 bits per heavy atom. The molecule has 0 N–H and O–H groups in total. The molecule has 3 saturated heterocycles. The minimum absolute atomic E-state index is 0.0958. The van der Waals surface area contributed by atoms with Crippen LogP contribution in [0, 0.1) is 5.41 Å². The van der Waals surface area contributed by atoms with Crippen LogP contribution < -0.4 is 0 Å². The maximum Gasteiger partial charge on any atom is 0.253 e. The number of piperidine rings is 1. The van der Waals surface area contributed by atoms with Crippen LogP contribution >= 0.6 is 0 Å². The number of methoxy groups -OCH3 is 1. The third-order valence-electron chi connectivity index (χ3n) is 6.75. The number of nitrogens with zero attached hydrogens (tertiary/aromatic N) is 4. The van der Waals surface area contributed by atoms with Crippen molar-refractivity contribution < 1.29 is 14.3 Å². The molecule has 1 aromatic heterocycles. The SMILES string of the molecule is COCCN1CCC2(CCN(C3CCN(C(=O)c4ccncc4)CC3)C2)C1=O. The van der Waals surface area contributed by atoms with E-state index < -0.39 is 0 Å². The van der Waals surface area contributed by atoms with E-state index >= 15 is 0 Å². The highest BCUT2D eigenvalue weighted by Gasteiger charge is 2.51. The van der Waals surface area contributed by atoms with E-state index in [1.54, 1.807) is 31.6 Å². The first kappa shape index (κ1) is 19.3. The Kier molecular flexibility index (Phi) is 5.64. The van der Waals surface area contributed by atoms with Crippen LogP contribution in [0.2, 0.25) is 0 Å². The molecule has 1 spiro atoms. The van der Waals surface area contributed by atoms with Crippen molar-refractivity contribution in [1.29, 1.82) is 0 Å². The summed E-state index contributed by atoms with van der Waals surface area (Å²) in [6.07, 6.45) is 7.22. The lowest BCUT2D eigenvalue weighted by Gasteiger charge is -2.37.